The van der Waals surface area contributed by atoms with Crippen molar-refractivity contribution in [3.63, 3.8) is 0 Å². The van der Waals surface area contributed by atoms with Crippen LogP contribution in [0.15, 0.2) is 42.0 Å². The van der Waals surface area contributed by atoms with Gasteiger partial charge in [0.05, 0.1) is 13.0 Å². The molecule has 0 aliphatic heterocycles. The molecule has 0 saturated carbocycles. The van der Waals surface area contributed by atoms with Gasteiger partial charge in [-0.15, -0.1) is 0 Å². The zero-order valence-corrected chi connectivity index (χ0v) is 13.8. The molecule has 0 N–H and O–H groups in total. The highest BCUT2D eigenvalue weighted by Crippen LogP contribution is 2.29. The van der Waals surface area contributed by atoms with Gasteiger partial charge in [-0.25, -0.2) is 0 Å². The normalized spacial score (nSPS) is 20.5. The highest BCUT2D eigenvalue weighted by molar-refractivity contribution is 5.75. The minimum Gasteiger partial charge on any atom is -0.469 e. The lowest BCUT2D eigenvalue weighted by atomic mass is 9.86. The first-order valence-corrected chi connectivity index (χ1v) is 8.07. The zero-order chi connectivity index (χ0) is 16.7. The topological polar surface area (TPSA) is 52.6 Å². The summed E-state index contributed by atoms with van der Waals surface area (Å²) in [5.74, 6) is -0.878. The average molecular weight is 316 g/mol. The van der Waals surface area contributed by atoms with Crippen LogP contribution in [0.5, 0.6) is 0 Å². The third kappa shape index (κ3) is 5.55. The van der Waals surface area contributed by atoms with Gasteiger partial charge in [-0.1, -0.05) is 42.0 Å². The van der Waals surface area contributed by atoms with Crippen molar-refractivity contribution in [3.8, 4) is 0 Å². The van der Waals surface area contributed by atoms with Gasteiger partial charge in [0, 0.05) is 19.8 Å². The molecule has 1 aromatic rings. The summed E-state index contributed by atoms with van der Waals surface area (Å²) in [5, 5.41) is 0. The summed E-state index contributed by atoms with van der Waals surface area (Å²) >= 11 is 0. The molecule has 124 valence electrons. The molecule has 1 aliphatic rings. The second-order valence-electron chi connectivity index (χ2n) is 5.96. The molecule has 4 heteroatoms. The molecule has 0 amide bonds. The number of carbonyl (C=O) groups excluding carboxylic acids is 2. The van der Waals surface area contributed by atoms with Crippen molar-refractivity contribution in [2.24, 2.45) is 5.92 Å². The van der Waals surface area contributed by atoms with Crippen LogP contribution in [0.2, 0.25) is 0 Å². The van der Waals surface area contributed by atoms with Gasteiger partial charge in [-0.05, 0) is 24.8 Å². The van der Waals surface area contributed by atoms with Gasteiger partial charge in [0.15, 0.2) is 0 Å². The Kier molecular flexibility index (Phi) is 6.39. The Morgan fingerprint density at radius 2 is 1.91 bits per heavy atom. The molecule has 2 rings (SSSR count). The lowest BCUT2D eigenvalue weighted by molar-refractivity contribution is -0.152. The van der Waals surface area contributed by atoms with E-state index in [0.29, 0.717) is 12.8 Å². The summed E-state index contributed by atoms with van der Waals surface area (Å²) in [6, 6.07) is 10.3. The minimum atomic E-state index is -0.315. The van der Waals surface area contributed by atoms with Crippen LogP contribution in [0.3, 0.4) is 0 Å². The predicted molar refractivity (Wildman–Crippen MR) is 87.8 cm³/mol. The Hall–Kier alpha value is -2.10. The maximum absolute atomic E-state index is 11.8. The van der Waals surface area contributed by atoms with E-state index in [1.807, 2.05) is 24.3 Å². The van der Waals surface area contributed by atoms with Gasteiger partial charge in [-0.3, -0.25) is 9.59 Å². The van der Waals surface area contributed by atoms with Gasteiger partial charge >= 0.3 is 11.9 Å². The van der Waals surface area contributed by atoms with Gasteiger partial charge in [0.1, 0.15) is 6.10 Å². The number of aryl methyl sites for hydroxylation is 1. The van der Waals surface area contributed by atoms with Crippen molar-refractivity contribution < 1.29 is 19.1 Å². The van der Waals surface area contributed by atoms with E-state index in [9.17, 15) is 9.59 Å². The fourth-order valence-electron chi connectivity index (χ4n) is 3.07. The number of ether oxygens (including phenoxy) is 2. The monoisotopic (exact) mass is 316 g/mol. The maximum atomic E-state index is 11.8. The summed E-state index contributed by atoms with van der Waals surface area (Å²) in [6.07, 6.45) is 5.90. The number of esters is 2. The quantitative estimate of drug-likeness (QED) is 0.596. The third-order valence-corrected chi connectivity index (χ3v) is 4.09. The van der Waals surface area contributed by atoms with Gasteiger partial charge < -0.3 is 9.47 Å². The molecule has 4 nitrogen and oxygen atoms in total. The number of carbonyl (C=O) groups is 2. The molecular weight excluding hydrogens is 292 g/mol. The van der Waals surface area contributed by atoms with Crippen molar-refractivity contribution in [3.05, 3.63) is 47.5 Å². The molecule has 0 aromatic heterocycles. The first-order valence-electron chi connectivity index (χ1n) is 8.07. The maximum Gasteiger partial charge on any atom is 0.312 e. The molecule has 0 heterocycles. The van der Waals surface area contributed by atoms with Crippen LogP contribution in [0.4, 0.5) is 0 Å². The van der Waals surface area contributed by atoms with Gasteiger partial charge in [-0.2, -0.15) is 0 Å². The van der Waals surface area contributed by atoms with Gasteiger partial charge in [0.25, 0.3) is 0 Å². The molecule has 23 heavy (non-hydrogen) atoms. The van der Waals surface area contributed by atoms with Crippen LogP contribution in [-0.2, 0) is 25.5 Å². The third-order valence-electron chi connectivity index (χ3n) is 4.09. The zero-order valence-electron chi connectivity index (χ0n) is 13.8. The van der Waals surface area contributed by atoms with Crippen molar-refractivity contribution in [2.75, 3.05) is 7.11 Å². The van der Waals surface area contributed by atoms with E-state index in [2.05, 4.69) is 12.1 Å². The molecule has 0 saturated heterocycles. The number of hydrogen-bond acceptors (Lipinski definition) is 4. The Labute approximate surface area is 137 Å². The Morgan fingerprint density at radius 3 is 2.57 bits per heavy atom. The fraction of sp³-hybridized carbons (Fsp3) is 0.474. The highest BCUT2D eigenvalue weighted by atomic mass is 16.5. The molecule has 1 aliphatic carbocycles. The number of benzene rings is 1. The second-order valence-corrected chi connectivity index (χ2v) is 5.96. The van der Waals surface area contributed by atoms with Crippen molar-refractivity contribution in [1.29, 1.82) is 0 Å². The van der Waals surface area contributed by atoms with Crippen LogP contribution in [0, 0.1) is 5.92 Å². The van der Waals surface area contributed by atoms with E-state index >= 15 is 0 Å². The van der Waals surface area contributed by atoms with Crippen molar-refractivity contribution in [2.45, 2.75) is 45.1 Å². The highest BCUT2D eigenvalue weighted by Gasteiger charge is 2.29. The van der Waals surface area contributed by atoms with E-state index < -0.39 is 0 Å². The lowest BCUT2D eigenvalue weighted by Crippen LogP contribution is -2.28. The molecule has 0 bridgehead atoms. The SMILES string of the molecule is COC(=O)C1C=C(CCCc2ccccc2)C[C@H](OC(C)=O)C1. The predicted octanol–water partition coefficient (Wildman–Crippen LogP) is 3.45. The van der Waals surface area contributed by atoms with Crippen LogP contribution in [0.25, 0.3) is 0 Å². The molecule has 2 atom stereocenters. The summed E-state index contributed by atoms with van der Waals surface area (Å²) < 4.78 is 10.2. The second kappa shape index (κ2) is 8.51. The minimum absolute atomic E-state index is 0.228. The van der Waals surface area contributed by atoms with E-state index in [0.717, 1.165) is 19.3 Å². The average Bonchev–Trinajstić information content (AvgIpc) is 2.54. The molecule has 1 unspecified atom stereocenters. The van der Waals surface area contributed by atoms with E-state index in [4.69, 9.17) is 9.47 Å². The number of methoxy groups -OCH3 is 1. The van der Waals surface area contributed by atoms with Crippen LogP contribution in [-0.4, -0.2) is 25.2 Å². The smallest absolute Gasteiger partial charge is 0.312 e. The molecule has 0 radical (unpaired) electrons. The van der Waals surface area contributed by atoms with Gasteiger partial charge in [0.2, 0.25) is 0 Å². The summed E-state index contributed by atoms with van der Waals surface area (Å²) in [7, 11) is 1.39. The first-order chi connectivity index (χ1) is 11.1. The van der Waals surface area contributed by atoms with E-state index in [-0.39, 0.29) is 24.0 Å². The number of hydrogen-bond donors (Lipinski definition) is 0. The summed E-state index contributed by atoms with van der Waals surface area (Å²) in [5.41, 5.74) is 2.48. The largest absolute Gasteiger partial charge is 0.469 e. The lowest BCUT2D eigenvalue weighted by Gasteiger charge is -2.27. The molecule has 0 spiro atoms. The van der Waals surface area contributed by atoms with Crippen LogP contribution in [0.1, 0.15) is 38.2 Å². The molecule has 0 fully saturated rings. The van der Waals surface area contributed by atoms with Crippen LogP contribution < -0.4 is 0 Å². The van der Waals surface area contributed by atoms with E-state index in [1.165, 1.54) is 25.2 Å². The number of rotatable bonds is 6. The summed E-state index contributed by atoms with van der Waals surface area (Å²) in [6.45, 7) is 1.40. The van der Waals surface area contributed by atoms with Crippen molar-refractivity contribution in [1.82, 2.24) is 0 Å². The van der Waals surface area contributed by atoms with E-state index in [1.54, 1.807) is 0 Å². The summed E-state index contributed by atoms with van der Waals surface area (Å²) in [4.78, 5) is 23.0. The molecule has 1 aromatic carbocycles. The standard InChI is InChI=1S/C19H24O4/c1-14(20)23-18-12-16(11-17(13-18)19(21)22-2)10-6-9-15-7-4-3-5-8-15/h3-5,7-8,11,17-18H,6,9-10,12-13H2,1-2H3/t17?,18-/m0/s1. The van der Waals surface area contributed by atoms with Crippen LogP contribution >= 0.6 is 0 Å². The first kappa shape index (κ1) is 17.3. The van der Waals surface area contributed by atoms with Crippen molar-refractivity contribution >= 4 is 11.9 Å². The fourth-order valence-corrected chi connectivity index (χ4v) is 3.07. The Balaban J connectivity index is 1.95. The Morgan fingerprint density at radius 1 is 1.17 bits per heavy atom. The Bertz CT molecular complexity index is 562. The molecular formula is C19H24O4.